The summed E-state index contributed by atoms with van der Waals surface area (Å²) in [6, 6.07) is 15.7. The maximum absolute atomic E-state index is 6.24. The van der Waals surface area contributed by atoms with Crippen LogP contribution in [0.2, 0.25) is 5.02 Å². The molecule has 106 valence electrons. The highest BCUT2D eigenvalue weighted by molar-refractivity contribution is 6.30. The van der Waals surface area contributed by atoms with Crippen LogP contribution in [-0.2, 0) is 6.42 Å². The van der Waals surface area contributed by atoms with Crippen LogP contribution in [0.1, 0.15) is 31.0 Å². The minimum atomic E-state index is -0.0402. The Morgan fingerprint density at radius 1 is 1.10 bits per heavy atom. The molecule has 0 saturated heterocycles. The molecule has 0 heterocycles. The Hall–Kier alpha value is -1.51. The zero-order valence-electron chi connectivity index (χ0n) is 11.8. The lowest BCUT2D eigenvalue weighted by Crippen LogP contribution is -2.13. The average Bonchev–Trinajstić information content (AvgIpc) is 2.38. The van der Waals surface area contributed by atoms with Gasteiger partial charge in [0, 0.05) is 11.1 Å². The maximum Gasteiger partial charge on any atom is 0.119 e. The third-order valence-electron chi connectivity index (χ3n) is 3.02. The molecule has 0 radical (unpaired) electrons. The summed E-state index contributed by atoms with van der Waals surface area (Å²) < 4.78 is 5.62. The van der Waals surface area contributed by atoms with Gasteiger partial charge in [-0.05, 0) is 55.7 Å². The summed E-state index contributed by atoms with van der Waals surface area (Å²) in [5, 5.41) is 0.746. The van der Waals surface area contributed by atoms with Gasteiger partial charge in [-0.25, -0.2) is 0 Å². The Balaban J connectivity index is 2.03. The lowest BCUT2D eigenvalue weighted by molar-refractivity contribution is 0.242. The first kappa shape index (κ1) is 14.9. The van der Waals surface area contributed by atoms with Gasteiger partial charge in [-0.1, -0.05) is 35.9 Å². The number of benzene rings is 2. The highest BCUT2D eigenvalue weighted by Crippen LogP contribution is 2.21. The Labute approximate surface area is 125 Å². The first-order valence-corrected chi connectivity index (χ1v) is 7.19. The van der Waals surface area contributed by atoms with Crippen LogP contribution in [-0.4, -0.2) is 6.10 Å². The van der Waals surface area contributed by atoms with Gasteiger partial charge in [0.15, 0.2) is 0 Å². The van der Waals surface area contributed by atoms with Gasteiger partial charge in [0.05, 0.1) is 6.10 Å². The Morgan fingerprint density at radius 2 is 1.80 bits per heavy atom. The molecule has 0 saturated carbocycles. The first-order chi connectivity index (χ1) is 9.54. The Bertz CT molecular complexity index is 551. The predicted octanol–water partition coefficient (Wildman–Crippen LogP) is 4.37. The number of ether oxygens (including phenoxy) is 1. The molecule has 2 aromatic rings. The van der Waals surface area contributed by atoms with E-state index >= 15 is 0 Å². The van der Waals surface area contributed by atoms with Crippen LogP contribution < -0.4 is 10.5 Å². The fraction of sp³-hybridized carbons (Fsp3) is 0.294. The van der Waals surface area contributed by atoms with Crippen LogP contribution in [0.15, 0.2) is 48.5 Å². The molecule has 3 heteroatoms. The molecule has 2 aromatic carbocycles. The molecule has 0 bridgehead atoms. The monoisotopic (exact) mass is 289 g/mol. The molecule has 0 aliphatic rings. The highest BCUT2D eigenvalue weighted by Gasteiger charge is 2.08. The normalized spacial score (nSPS) is 12.4. The zero-order valence-corrected chi connectivity index (χ0v) is 12.6. The second-order valence-electron chi connectivity index (χ2n) is 5.18. The van der Waals surface area contributed by atoms with Gasteiger partial charge < -0.3 is 10.5 Å². The van der Waals surface area contributed by atoms with Gasteiger partial charge in [0.1, 0.15) is 5.75 Å². The van der Waals surface area contributed by atoms with Crippen molar-refractivity contribution in [3.05, 3.63) is 64.7 Å². The van der Waals surface area contributed by atoms with Crippen molar-refractivity contribution in [3.63, 3.8) is 0 Å². The summed E-state index contributed by atoms with van der Waals surface area (Å²) in [7, 11) is 0. The van der Waals surface area contributed by atoms with E-state index < -0.39 is 0 Å². The van der Waals surface area contributed by atoms with E-state index in [2.05, 4.69) is 0 Å². The van der Waals surface area contributed by atoms with Crippen LogP contribution >= 0.6 is 11.6 Å². The van der Waals surface area contributed by atoms with E-state index in [9.17, 15) is 0 Å². The third-order valence-corrected chi connectivity index (χ3v) is 3.26. The summed E-state index contributed by atoms with van der Waals surface area (Å²) in [4.78, 5) is 0. The number of halogens is 1. The van der Waals surface area contributed by atoms with Gasteiger partial charge in [-0.15, -0.1) is 0 Å². The Kier molecular flexibility index (Phi) is 5.05. The molecular formula is C17H20ClNO. The molecule has 1 atom stereocenters. The minimum Gasteiger partial charge on any atom is -0.491 e. The Morgan fingerprint density at radius 3 is 2.40 bits per heavy atom. The largest absolute Gasteiger partial charge is 0.491 e. The molecule has 0 aliphatic carbocycles. The predicted molar refractivity (Wildman–Crippen MR) is 84.3 cm³/mol. The van der Waals surface area contributed by atoms with Crippen LogP contribution in [0.5, 0.6) is 5.75 Å². The number of nitrogens with two attached hydrogens (primary N) is 1. The van der Waals surface area contributed by atoms with Crippen molar-refractivity contribution in [1.29, 1.82) is 0 Å². The molecule has 1 unspecified atom stereocenters. The van der Waals surface area contributed by atoms with E-state index in [4.69, 9.17) is 22.1 Å². The maximum atomic E-state index is 6.24. The van der Waals surface area contributed by atoms with Gasteiger partial charge >= 0.3 is 0 Å². The number of rotatable bonds is 5. The summed E-state index contributed by atoms with van der Waals surface area (Å²) in [6.45, 7) is 4.03. The first-order valence-electron chi connectivity index (χ1n) is 6.81. The van der Waals surface area contributed by atoms with Crippen molar-refractivity contribution >= 4 is 11.6 Å². The third kappa shape index (κ3) is 4.26. The van der Waals surface area contributed by atoms with Crippen LogP contribution in [0.4, 0.5) is 0 Å². The summed E-state index contributed by atoms with van der Waals surface area (Å²) in [5.74, 6) is 0.874. The number of hydrogen-bond donors (Lipinski definition) is 1. The van der Waals surface area contributed by atoms with Crippen LogP contribution in [0.3, 0.4) is 0 Å². The smallest absolute Gasteiger partial charge is 0.119 e. The fourth-order valence-corrected chi connectivity index (χ4v) is 2.31. The second kappa shape index (κ2) is 6.78. The van der Waals surface area contributed by atoms with E-state index in [-0.39, 0.29) is 12.1 Å². The topological polar surface area (TPSA) is 35.2 Å². The molecular weight excluding hydrogens is 270 g/mol. The van der Waals surface area contributed by atoms with Crippen LogP contribution in [0.25, 0.3) is 0 Å². The lowest BCUT2D eigenvalue weighted by atomic mass is 10.00. The lowest BCUT2D eigenvalue weighted by Gasteiger charge is -2.14. The van der Waals surface area contributed by atoms with E-state index in [1.165, 1.54) is 0 Å². The van der Waals surface area contributed by atoms with E-state index in [1.807, 2.05) is 62.4 Å². The van der Waals surface area contributed by atoms with Gasteiger partial charge in [-0.3, -0.25) is 0 Å². The fourth-order valence-electron chi connectivity index (χ4n) is 2.10. The van der Waals surface area contributed by atoms with Crippen molar-refractivity contribution in [1.82, 2.24) is 0 Å². The van der Waals surface area contributed by atoms with E-state index in [1.54, 1.807) is 0 Å². The molecule has 2 nitrogen and oxygen atoms in total. The van der Waals surface area contributed by atoms with Crippen molar-refractivity contribution in [2.45, 2.75) is 32.4 Å². The summed E-state index contributed by atoms with van der Waals surface area (Å²) in [5.41, 5.74) is 8.49. The van der Waals surface area contributed by atoms with Crippen LogP contribution in [0, 0.1) is 0 Å². The summed E-state index contributed by atoms with van der Waals surface area (Å²) >= 11 is 5.99. The molecule has 2 N–H and O–H groups in total. The molecule has 0 spiro atoms. The molecule has 0 aromatic heterocycles. The molecule has 20 heavy (non-hydrogen) atoms. The minimum absolute atomic E-state index is 0.0402. The van der Waals surface area contributed by atoms with Gasteiger partial charge in [0.2, 0.25) is 0 Å². The second-order valence-corrected chi connectivity index (χ2v) is 5.61. The van der Waals surface area contributed by atoms with E-state index in [0.717, 1.165) is 28.3 Å². The van der Waals surface area contributed by atoms with Gasteiger partial charge in [0.25, 0.3) is 0 Å². The average molecular weight is 290 g/mol. The number of hydrogen-bond acceptors (Lipinski definition) is 2. The molecule has 0 fully saturated rings. The molecule has 0 amide bonds. The summed E-state index contributed by atoms with van der Waals surface area (Å²) in [6.07, 6.45) is 0.950. The van der Waals surface area contributed by atoms with Crippen molar-refractivity contribution in [3.8, 4) is 5.75 Å². The van der Waals surface area contributed by atoms with Gasteiger partial charge in [-0.2, -0.15) is 0 Å². The quantitative estimate of drug-likeness (QED) is 0.887. The van der Waals surface area contributed by atoms with Crippen molar-refractivity contribution in [2.75, 3.05) is 0 Å². The molecule has 2 rings (SSSR count). The van der Waals surface area contributed by atoms with E-state index in [0.29, 0.717) is 0 Å². The molecule has 0 aliphatic heterocycles. The zero-order chi connectivity index (χ0) is 14.5. The standard InChI is InChI=1S/C17H20ClNO/c1-12(2)20-16-8-6-14(7-9-16)17(19)11-13-4-3-5-15(18)10-13/h3-10,12,17H,11,19H2,1-2H3. The SMILES string of the molecule is CC(C)Oc1ccc(C(N)Cc2cccc(Cl)c2)cc1. The van der Waals surface area contributed by atoms with Crippen molar-refractivity contribution < 1.29 is 4.74 Å². The van der Waals surface area contributed by atoms with Crippen molar-refractivity contribution in [2.24, 2.45) is 5.73 Å². The highest BCUT2D eigenvalue weighted by atomic mass is 35.5.